The second kappa shape index (κ2) is 5.11. The van der Waals surface area contributed by atoms with Gasteiger partial charge in [-0.1, -0.05) is 18.7 Å². The molecule has 1 aromatic carbocycles. The molecule has 1 rings (SSSR count). The lowest BCUT2D eigenvalue weighted by atomic mass is 10.1. The van der Waals surface area contributed by atoms with Crippen LogP contribution in [0, 0.1) is 0 Å². The van der Waals surface area contributed by atoms with Gasteiger partial charge in [0.1, 0.15) is 0 Å². The van der Waals surface area contributed by atoms with Crippen LogP contribution in [-0.4, -0.2) is 14.3 Å². The lowest BCUT2D eigenvalue weighted by molar-refractivity contribution is -0.117. The molecule has 3 N–H and O–H groups in total. The van der Waals surface area contributed by atoms with E-state index in [1.807, 2.05) is 0 Å². The van der Waals surface area contributed by atoms with Crippen molar-refractivity contribution in [3.8, 4) is 0 Å². The summed E-state index contributed by atoms with van der Waals surface area (Å²) in [6, 6.07) is 5.79. The van der Waals surface area contributed by atoms with Gasteiger partial charge >= 0.3 is 0 Å². The first-order valence-corrected chi connectivity index (χ1v) is 6.45. The van der Waals surface area contributed by atoms with Crippen molar-refractivity contribution in [1.29, 1.82) is 0 Å². The third kappa shape index (κ3) is 3.69. The predicted octanol–water partition coefficient (Wildman–Crippen LogP) is 0.697. The van der Waals surface area contributed by atoms with Crippen LogP contribution >= 0.6 is 0 Å². The summed E-state index contributed by atoms with van der Waals surface area (Å²) in [5, 5.41) is 7.64. The van der Waals surface area contributed by atoms with Crippen LogP contribution in [0.15, 0.2) is 41.8 Å². The van der Waals surface area contributed by atoms with Gasteiger partial charge in [0.05, 0.1) is 10.9 Å². The lowest BCUT2D eigenvalue weighted by Crippen LogP contribution is -2.24. The molecule has 5 nitrogen and oxygen atoms in total. The van der Waals surface area contributed by atoms with Crippen molar-refractivity contribution in [2.45, 2.75) is 17.9 Å². The van der Waals surface area contributed by atoms with E-state index < -0.39 is 10.0 Å². The van der Waals surface area contributed by atoms with Crippen LogP contribution < -0.4 is 10.5 Å². The minimum atomic E-state index is -3.68. The molecule has 0 aliphatic rings. The molecule has 0 aliphatic carbocycles. The smallest absolute Gasteiger partial charge is 0.243 e. The molecule has 0 fully saturated rings. The Hall–Kier alpha value is -1.66. The number of nitrogens with one attached hydrogen (secondary N) is 1. The van der Waals surface area contributed by atoms with Crippen LogP contribution in [0.25, 0.3) is 0 Å². The van der Waals surface area contributed by atoms with E-state index in [0.717, 1.165) is 5.56 Å². The molecule has 0 aromatic heterocycles. The SMILES string of the molecule is C=CC(=O)NC(C)c1ccc(S(N)(=O)=O)cc1. The molecule has 1 aromatic rings. The van der Waals surface area contributed by atoms with Gasteiger partial charge in [-0.15, -0.1) is 0 Å². The molecule has 0 saturated carbocycles. The van der Waals surface area contributed by atoms with E-state index in [1.165, 1.54) is 18.2 Å². The highest BCUT2D eigenvalue weighted by molar-refractivity contribution is 7.89. The predicted molar refractivity (Wildman–Crippen MR) is 64.6 cm³/mol. The van der Waals surface area contributed by atoms with Gasteiger partial charge in [0, 0.05) is 0 Å². The summed E-state index contributed by atoms with van der Waals surface area (Å²) >= 11 is 0. The number of rotatable bonds is 4. The Balaban J connectivity index is 2.88. The monoisotopic (exact) mass is 254 g/mol. The molecule has 0 saturated heterocycles. The van der Waals surface area contributed by atoms with Gasteiger partial charge in [-0.25, -0.2) is 13.6 Å². The number of hydrogen-bond acceptors (Lipinski definition) is 3. The van der Waals surface area contributed by atoms with Crippen LogP contribution in [0.3, 0.4) is 0 Å². The molecule has 0 heterocycles. The van der Waals surface area contributed by atoms with E-state index in [4.69, 9.17) is 5.14 Å². The molecule has 0 spiro atoms. The van der Waals surface area contributed by atoms with Crippen LogP contribution in [-0.2, 0) is 14.8 Å². The summed E-state index contributed by atoms with van der Waals surface area (Å²) in [6.07, 6.45) is 1.18. The topological polar surface area (TPSA) is 89.3 Å². The van der Waals surface area contributed by atoms with E-state index in [1.54, 1.807) is 19.1 Å². The van der Waals surface area contributed by atoms with Crippen molar-refractivity contribution in [3.63, 3.8) is 0 Å². The van der Waals surface area contributed by atoms with Gasteiger partial charge in [0.2, 0.25) is 15.9 Å². The first kappa shape index (κ1) is 13.4. The normalized spacial score (nSPS) is 12.8. The van der Waals surface area contributed by atoms with Gasteiger partial charge in [0.15, 0.2) is 0 Å². The number of carbonyl (C=O) groups is 1. The zero-order valence-corrected chi connectivity index (χ0v) is 10.2. The molecular weight excluding hydrogens is 240 g/mol. The van der Waals surface area contributed by atoms with Crippen LogP contribution in [0.1, 0.15) is 18.5 Å². The van der Waals surface area contributed by atoms with Crippen LogP contribution in [0.2, 0.25) is 0 Å². The summed E-state index contributed by atoms with van der Waals surface area (Å²) in [7, 11) is -3.68. The van der Waals surface area contributed by atoms with Crippen molar-refractivity contribution < 1.29 is 13.2 Å². The lowest BCUT2D eigenvalue weighted by Gasteiger charge is -2.13. The fourth-order valence-corrected chi connectivity index (χ4v) is 1.82. The Kier molecular flexibility index (Phi) is 4.03. The second-order valence-electron chi connectivity index (χ2n) is 3.55. The van der Waals surface area contributed by atoms with Gasteiger partial charge in [0.25, 0.3) is 0 Å². The maximum Gasteiger partial charge on any atom is 0.243 e. The fourth-order valence-electron chi connectivity index (χ4n) is 1.30. The average molecular weight is 254 g/mol. The summed E-state index contributed by atoms with van der Waals surface area (Å²) in [4.78, 5) is 11.1. The van der Waals surface area contributed by atoms with E-state index in [-0.39, 0.29) is 16.8 Å². The van der Waals surface area contributed by atoms with Gasteiger partial charge in [-0.2, -0.15) is 0 Å². The standard InChI is InChI=1S/C11H14N2O3S/c1-3-11(14)13-8(2)9-4-6-10(7-5-9)17(12,15)16/h3-8H,1H2,2H3,(H,13,14)(H2,12,15,16). The first-order valence-electron chi connectivity index (χ1n) is 4.90. The number of sulfonamides is 1. The van der Waals surface area contributed by atoms with Gasteiger partial charge in [-0.05, 0) is 30.7 Å². The number of hydrogen-bond donors (Lipinski definition) is 2. The number of nitrogens with two attached hydrogens (primary N) is 1. The Morgan fingerprint density at radius 2 is 1.94 bits per heavy atom. The Bertz CT molecular complexity index is 520. The largest absolute Gasteiger partial charge is 0.346 e. The molecule has 1 unspecified atom stereocenters. The maximum atomic E-state index is 11.1. The molecule has 92 valence electrons. The third-order valence-electron chi connectivity index (χ3n) is 2.25. The highest BCUT2D eigenvalue weighted by Crippen LogP contribution is 2.15. The van der Waals surface area contributed by atoms with E-state index in [9.17, 15) is 13.2 Å². The summed E-state index contributed by atoms with van der Waals surface area (Å²) < 4.78 is 22.1. The Labute approximate surface area is 100 Å². The average Bonchev–Trinajstić information content (AvgIpc) is 2.27. The molecule has 17 heavy (non-hydrogen) atoms. The minimum Gasteiger partial charge on any atom is -0.346 e. The number of primary sulfonamides is 1. The van der Waals surface area contributed by atoms with Crippen molar-refractivity contribution in [3.05, 3.63) is 42.5 Å². The quantitative estimate of drug-likeness (QED) is 0.775. The summed E-state index contributed by atoms with van der Waals surface area (Å²) in [5.41, 5.74) is 0.785. The van der Waals surface area contributed by atoms with Crippen molar-refractivity contribution >= 4 is 15.9 Å². The fraction of sp³-hybridized carbons (Fsp3) is 0.182. The molecule has 1 amide bonds. The van der Waals surface area contributed by atoms with Crippen molar-refractivity contribution in [1.82, 2.24) is 5.32 Å². The number of benzene rings is 1. The highest BCUT2D eigenvalue weighted by atomic mass is 32.2. The van der Waals surface area contributed by atoms with Crippen LogP contribution in [0.5, 0.6) is 0 Å². The van der Waals surface area contributed by atoms with E-state index in [0.29, 0.717) is 0 Å². The maximum absolute atomic E-state index is 11.1. The number of amides is 1. The first-order chi connectivity index (χ1) is 7.84. The van der Waals surface area contributed by atoms with Gasteiger partial charge < -0.3 is 5.32 Å². The van der Waals surface area contributed by atoms with Crippen molar-refractivity contribution in [2.24, 2.45) is 5.14 Å². The Morgan fingerprint density at radius 1 is 1.41 bits per heavy atom. The minimum absolute atomic E-state index is 0.0449. The molecule has 6 heteroatoms. The second-order valence-corrected chi connectivity index (χ2v) is 5.11. The zero-order chi connectivity index (χ0) is 13.1. The summed E-state index contributed by atoms with van der Waals surface area (Å²) in [6.45, 7) is 5.13. The summed E-state index contributed by atoms with van der Waals surface area (Å²) in [5.74, 6) is -0.284. The van der Waals surface area contributed by atoms with E-state index >= 15 is 0 Å². The highest BCUT2D eigenvalue weighted by Gasteiger charge is 2.10. The molecule has 1 atom stereocenters. The molecule has 0 bridgehead atoms. The van der Waals surface area contributed by atoms with Crippen molar-refractivity contribution in [2.75, 3.05) is 0 Å². The zero-order valence-electron chi connectivity index (χ0n) is 9.38. The number of carbonyl (C=O) groups excluding carboxylic acids is 1. The molecular formula is C11H14N2O3S. The van der Waals surface area contributed by atoms with E-state index in [2.05, 4.69) is 11.9 Å². The molecule has 0 radical (unpaired) electrons. The van der Waals surface area contributed by atoms with Crippen LogP contribution in [0.4, 0.5) is 0 Å². The third-order valence-corrected chi connectivity index (χ3v) is 3.18. The van der Waals surface area contributed by atoms with Gasteiger partial charge in [-0.3, -0.25) is 4.79 Å². The Morgan fingerprint density at radius 3 is 2.35 bits per heavy atom. The molecule has 0 aliphatic heterocycles.